The normalized spacial score (nSPS) is 18.6. The van der Waals surface area contributed by atoms with Crippen molar-refractivity contribution >= 4 is 63.2 Å². The van der Waals surface area contributed by atoms with Crippen molar-refractivity contribution in [1.29, 1.82) is 0 Å². The number of carboxylic acids is 1. The molecular weight excluding hydrogens is 603 g/mol. The van der Waals surface area contributed by atoms with E-state index in [1.54, 1.807) is 6.07 Å². The van der Waals surface area contributed by atoms with Crippen molar-refractivity contribution in [3.63, 3.8) is 0 Å². The fourth-order valence-electron chi connectivity index (χ4n) is 4.61. The molecule has 2 aromatic carbocycles. The highest BCUT2D eigenvalue weighted by molar-refractivity contribution is 14.1. The Morgan fingerprint density at radius 2 is 1.95 bits per heavy atom. The van der Waals surface area contributed by atoms with Gasteiger partial charge < -0.3 is 14.6 Å². The van der Waals surface area contributed by atoms with E-state index in [1.807, 2.05) is 42.2 Å². The van der Waals surface area contributed by atoms with E-state index in [0.29, 0.717) is 26.6 Å². The van der Waals surface area contributed by atoms with Crippen LogP contribution >= 0.6 is 34.4 Å². The number of nitrogens with zero attached hydrogens (tertiary/aromatic N) is 2. The molecule has 0 spiro atoms. The number of carbonyl (C=O) groups is 2. The lowest BCUT2D eigenvalue weighted by molar-refractivity contribution is -0.139. The Morgan fingerprint density at radius 1 is 1.19 bits per heavy atom. The summed E-state index contributed by atoms with van der Waals surface area (Å²) >= 11 is 3.51. The smallest absolute Gasteiger partial charge is 0.341 e. The third-order valence-electron chi connectivity index (χ3n) is 6.33. The molecule has 9 heteroatoms. The first-order valence-corrected chi connectivity index (χ1v) is 14.5. The van der Waals surface area contributed by atoms with E-state index in [2.05, 4.69) is 35.6 Å². The molecule has 0 atom stereocenters. The Bertz CT molecular complexity index is 1220. The van der Waals surface area contributed by atoms with Gasteiger partial charge in [-0.05, 0) is 95.9 Å². The quantitative estimate of drug-likeness (QED) is 0.246. The van der Waals surface area contributed by atoms with Gasteiger partial charge in [0.1, 0.15) is 0 Å². The zero-order valence-electron chi connectivity index (χ0n) is 21.0. The number of aryl methyl sites for hydroxylation is 1. The van der Waals surface area contributed by atoms with Gasteiger partial charge in [-0.3, -0.25) is 9.69 Å². The van der Waals surface area contributed by atoms with Crippen LogP contribution in [0.3, 0.4) is 0 Å². The van der Waals surface area contributed by atoms with E-state index in [9.17, 15) is 9.59 Å². The first-order valence-electron chi connectivity index (χ1n) is 12.6. The van der Waals surface area contributed by atoms with E-state index in [0.717, 1.165) is 54.1 Å². The van der Waals surface area contributed by atoms with Crippen LogP contribution in [0.1, 0.15) is 57.1 Å². The van der Waals surface area contributed by atoms with E-state index in [4.69, 9.17) is 19.6 Å². The van der Waals surface area contributed by atoms with E-state index in [1.165, 1.54) is 18.2 Å². The first-order chi connectivity index (χ1) is 17.9. The van der Waals surface area contributed by atoms with E-state index in [-0.39, 0.29) is 11.9 Å². The second-order valence-electron chi connectivity index (χ2n) is 8.90. The molecule has 2 aliphatic rings. The van der Waals surface area contributed by atoms with Gasteiger partial charge in [0.25, 0.3) is 5.91 Å². The summed E-state index contributed by atoms with van der Waals surface area (Å²) in [5.41, 5.74) is 2.83. The van der Waals surface area contributed by atoms with Crippen LogP contribution in [0.15, 0.2) is 46.3 Å². The summed E-state index contributed by atoms with van der Waals surface area (Å²) in [5.74, 6) is -0.243. The van der Waals surface area contributed by atoms with Crippen molar-refractivity contribution in [3.05, 3.63) is 56.0 Å². The van der Waals surface area contributed by atoms with Gasteiger partial charge in [-0.15, -0.1) is 0 Å². The predicted molar refractivity (Wildman–Crippen MR) is 156 cm³/mol. The Balaban J connectivity index is 1.71. The van der Waals surface area contributed by atoms with Crippen LogP contribution in [0.25, 0.3) is 6.08 Å². The highest BCUT2D eigenvalue weighted by atomic mass is 127. The largest absolute Gasteiger partial charge is 0.490 e. The highest BCUT2D eigenvalue weighted by Gasteiger charge is 2.38. The minimum atomic E-state index is -1.06. The van der Waals surface area contributed by atoms with Gasteiger partial charge >= 0.3 is 5.97 Å². The molecule has 1 heterocycles. The highest BCUT2D eigenvalue weighted by Crippen LogP contribution is 2.40. The number of rotatable bonds is 9. The van der Waals surface area contributed by atoms with Crippen LogP contribution in [0, 0.1) is 3.57 Å². The van der Waals surface area contributed by atoms with Gasteiger partial charge in [-0.2, -0.15) is 0 Å². The third kappa shape index (κ3) is 6.67. The average molecular weight is 635 g/mol. The summed E-state index contributed by atoms with van der Waals surface area (Å²) in [6.45, 7) is 3.91. The van der Waals surface area contributed by atoms with Crippen molar-refractivity contribution in [1.82, 2.24) is 4.90 Å². The lowest BCUT2D eigenvalue weighted by Crippen LogP contribution is -2.40. The van der Waals surface area contributed by atoms with Gasteiger partial charge in [0, 0.05) is 6.04 Å². The lowest BCUT2D eigenvalue weighted by atomic mass is 9.94. The molecule has 2 fully saturated rings. The molecule has 1 saturated carbocycles. The Hall–Kier alpha value is -2.53. The minimum absolute atomic E-state index is 0.0243. The summed E-state index contributed by atoms with van der Waals surface area (Å²) in [5, 5.41) is 9.75. The number of amidine groups is 1. The van der Waals surface area contributed by atoms with E-state index < -0.39 is 12.6 Å². The van der Waals surface area contributed by atoms with Crippen LogP contribution in [-0.2, 0) is 16.0 Å². The molecule has 2 aromatic rings. The molecule has 1 aliphatic carbocycles. The number of carbonyl (C=O) groups excluding carboxylic acids is 1. The molecule has 1 saturated heterocycles. The van der Waals surface area contributed by atoms with Crippen molar-refractivity contribution in [3.8, 4) is 11.5 Å². The van der Waals surface area contributed by atoms with Crippen LogP contribution in [-0.4, -0.2) is 46.3 Å². The van der Waals surface area contributed by atoms with Crippen molar-refractivity contribution in [2.24, 2.45) is 4.99 Å². The Kier molecular flexibility index (Phi) is 9.53. The first kappa shape index (κ1) is 27.5. The molecule has 7 nitrogen and oxygen atoms in total. The van der Waals surface area contributed by atoms with E-state index >= 15 is 0 Å². The monoisotopic (exact) mass is 634 g/mol. The number of benzene rings is 2. The number of hydrogen-bond acceptors (Lipinski definition) is 6. The molecule has 0 aromatic heterocycles. The third-order valence-corrected chi connectivity index (χ3v) is 8.12. The minimum Gasteiger partial charge on any atom is -0.490 e. The van der Waals surface area contributed by atoms with Crippen molar-refractivity contribution < 1.29 is 24.2 Å². The summed E-state index contributed by atoms with van der Waals surface area (Å²) < 4.78 is 11.9. The number of aliphatic imine (C=N–C) groups is 1. The van der Waals surface area contributed by atoms with Crippen LogP contribution in [0.5, 0.6) is 11.5 Å². The Labute approximate surface area is 235 Å². The van der Waals surface area contributed by atoms with Crippen LogP contribution < -0.4 is 9.47 Å². The second kappa shape index (κ2) is 12.8. The number of halogens is 1. The van der Waals surface area contributed by atoms with Gasteiger partial charge in [-0.25, -0.2) is 9.79 Å². The zero-order valence-corrected chi connectivity index (χ0v) is 24.0. The second-order valence-corrected chi connectivity index (χ2v) is 11.1. The molecule has 1 aliphatic heterocycles. The molecule has 1 amide bonds. The maximum Gasteiger partial charge on any atom is 0.341 e. The summed E-state index contributed by atoms with van der Waals surface area (Å²) in [6, 6.07) is 11.9. The molecule has 0 radical (unpaired) electrons. The van der Waals surface area contributed by atoms with Crippen LogP contribution in [0.2, 0.25) is 0 Å². The number of carboxylic acid groups (broad SMARTS) is 1. The number of amides is 1. The fraction of sp³-hybridized carbons (Fsp3) is 0.393. The fourth-order valence-corrected chi connectivity index (χ4v) is 6.44. The summed E-state index contributed by atoms with van der Waals surface area (Å²) in [7, 11) is 0. The number of para-hydroxylation sites is 1. The van der Waals surface area contributed by atoms with Crippen molar-refractivity contribution in [2.45, 2.75) is 58.4 Å². The molecule has 1 N–H and O–H groups in total. The predicted octanol–water partition coefficient (Wildman–Crippen LogP) is 6.65. The summed E-state index contributed by atoms with van der Waals surface area (Å²) in [6.07, 6.45) is 8.13. The molecular formula is C28H31IN2O5S. The summed E-state index contributed by atoms with van der Waals surface area (Å²) in [4.78, 5) is 32.3. The topological polar surface area (TPSA) is 88.4 Å². The molecule has 0 unspecified atom stereocenters. The standard InChI is InChI=1S/C28H31IN2O5S/c1-3-19-10-8-9-13-22(19)30-28-31(20-11-6-5-7-12-20)27(34)24(37-28)16-18-14-21(29)26(36-17-25(32)33)23(15-18)35-4-2/h8-10,13-16,20H,3-7,11-12,17H2,1-2H3,(H,32,33)/b24-16+,30-28?. The maximum atomic E-state index is 13.7. The average Bonchev–Trinajstić information content (AvgIpc) is 3.18. The zero-order chi connectivity index (χ0) is 26.4. The number of aliphatic carboxylic acids is 1. The molecule has 4 rings (SSSR count). The number of ether oxygens (including phenoxy) is 2. The van der Waals surface area contributed by atoms with Gasteiger partial charge in [0.15, 0.2) is 23.3 Å². The van der Waals surface area contributed by atoms with Crippen molar-refractivity contribution in [2.75, 3.05) is 13.2 Å². The molecule has 37 heavy (non-hydrogen) atoms. The number of hydrogen-bond donors (Lipinski definition) is 1. The van der Waals surface area contributed by atoms with Gasteiger partial charge in [-0.1, -0.05) is 44.4 Å². The molecule has 196 valence electrons. The Morgan fingerprint density at radius 3 is 2.65 bits per heavy atom. The number of thioether (sulfide) groups is 1. The maximum absolute atomic E-state index is 13.7. The van der Waals surface area contributed by atoms with Gasteiger partial charge in [0.2, 0.25) is 0 Å². The molecule has 0 bridgehead atoms. The van der Waals surface area contributed by atoms with Gasteiger partial charge in [0.05, 0.1) is 20.8 Å². The SMILES string of the molecule is CCOc1cc(/C=C2/SC(=Nc3ccccc3CC)N(C3CCCCC3)C2=O)cc(I)c1OCC(=O)O. The lowest BCUT2D eigenvalue weighted by Gasteiger charge is -2.30. The van der Waals surface area contributed by atoms with Crippen LogP contribution in [0.4, 0.5) is 5.69 Å².